The lowest BCUT2D eigenvalue weighted by molar-refractivity contribution is 0.141. The Hall–Kier alpha value is -4.01. The van der Waals surface area contributed by atoms with Crippen molar-refractivity contribution in [3.05, 3.63) is 108 Å². The number of benzene rings is 3. The fourth-order valence-corrected chi connectivity index (χ4v) is 11.9. The van der Waals surface area contributed by atoms with Gasteiger partial charge in [-0.15, -0.1) is 0 Å². The van der Waals surface area contributed by atoms with Crippen LogP contribution in [-0.2, 0) is 15.6 Å². The van der Waals surface area contributed by atoms with Gasteiger partial charge in [0.1, 0.15) is 6.10 Å². The summed E-state index contributed by atoms with van der Waals surface area (Å²) in [5.74, 6) is 1.60. The molecule has 0 radical (unpaired) electrons. The summed E-state index contributed by atoms with van der Waals surface area (Å²) in [5, 5.41) is 13.2. The number of rotatable bonds is 9. The zero-order valence-corrected chi connectivity index (χ0v) is 25.9. The lowest BCUT2D eigenvalue weighted by Gasteiger charge is -2.43. The van der Waals surface area contributed by atoms with Crippen molar-refractivity contribution in [2.24, 2.45) is 17.8 Å². The van der Waals surface area contributed by atoms with Crippen molar-refractivity contribution in [2.45, 2.75) is 44.8 Å². The second kappa shape index (κ2) is 10.9. The number of anilines is 1. The number of carbonyl (C=O) groups is 1. The summed E-state index contributed by atoms with van der Waals surface area (Å²) in [5.41, 5.74) is 4.15. The molecule has 43 heavy (non-hydrogen) atoms. The Morgan fingerprint density at radius 1 is 0.977 bits per heavy atom. The molecule has 1 saturated heterocycles. The molecular weight excluding hydrogens is 552 g/mol. The quantitative estimate of drug-likeness (QED) is 0.257. The van der Waals surface area contributed by atoms with E-state index >= 15 is 0 Å². The van der Waals surface area contributed by atoms with Gasteiger partial charge in [0.2, 0.25) is 0 Å². The van der Waals surface area contributed by atoms with Crippen molar-refractivity contribution >= 4 is 36.0 Å². The molecule has 0 spiro atoms. The third-order valence-electron chi connectivity index (χ3n) is 9.47. The van der Waals surface area contributed by atoms with Gasteiger partial charge in [-0.2, -0.15) is 15.4 Å². The van der Waals surface area contributed by atoms with Crippen molar-refractivity contribution in [2.75, 3.05) is 18.1 Å². The highest BCUT2D eigenvalue weighted by Gasteiger charge is 2.56. The van der Waals surface area contributed by atoms with Crippen LogP contribution in [0, 0.1) is 17.8 Å². The molecule has 3 aliphatic rings. The van der Waals surface area contributed by atoms with E-state index in [1.165, 1.54) is 15.9 Å². The summed E-state index contributed by atoms with van der Waals surface area (Å²) in [4.78, 5) is 14.7. The maximum atomic E-state index is 12.9. The van der Waals surface area contributed by atoms with Gasteiger partial charge in [-0.25, -0.2) is 4.79 Å². The number of amides is 1. The molecule has 4 aromatic rings. The number of aromatic amines is 1. The highest BCUT2D eigenvalue weighted by molar-refractivity contribution is 6.99. The highest BCUT2D eigenvalue weighted by atomic mass is 28.4. The van der Waals surface area contributed by atoms with Crippen LogP contribution in [-0.4, -0.2) is 49.1 Å². The lowest BCUT2D eigenvalue weighted by Crippen LogP contribution is -2.66. The summed E-state index contributed by atoms with van der Waals surface area (Å²) >= 11 is 0. The lowest BCUT2D eigenvalue weighted by atomic mass is 9.98. The average molecular weight is 591 g/mol. The molecular formula is C35H38N4O3Si. The molecule has 7 rings (SSSR count). The molecule has 1 aromatic heterocycles. The van der Waals surface area contributed by atoms with E-state index in [4.69, 9.17) is 9.16 Å². The topological polar surface area (TPSA) is 80.3 Å². The molecule has 2 fully saturated rings. The number of aromatic nitrogens is 3. The standard InChI is InChI=1S/C35H38N4O3Si/c1-35(2,3)43(27-12-6-4-7-13-27,28-14-8-5-9-15-28)41-23-32-30-18-24(19-31(30)32)29-16-10-11-17-33(29)39-22-26(42-34(39)40)20-25-21-36-38-37-25/h4-18,21,26,30-32H,19-20,22-23H2,1-3H3,(H,36,37,38)/t26-,30?,31-,32+/m1/s1. The van der Waals surface area contributed by atoms with Gasteiger partial charge in [0.15, 0.2) is 0 Å². The van der Waals surface area contributed by atoms with Gasteiger partial charge in [0.05, 0.1) is 24.1 Å². The number of ether oxygens (including phenoxy) is 1. The Morgan fingerprint density at radius 3 is 2.26 bits per heavy atom. The molecule has 4 atom stereocenters. The molecule has 2 aliphatic carbocycles. The van der Waals surface area contributed by atoms with Crippen molar-refractivity contribution in [3.8, 4) is 0 Å². The number of hydrogen-bond acceptors (Lipinski definition) is 5. The van der Waals surface area contributed by atoms with E-state index in [0.29, 0.717) is 30.7 Å². The third-order valence-corrected chi connectivity index (χ3v) is 14.5. The van der Waals surface area contributed by atoms with Gasteiger partial charge in [0, 0.05) is 18.6 Å². The third kappa shape index (κ3) is 5.02. The number of cyclic esters (lactones) is 1. The minimum atomic E-state index is -2.55. The van der Waals surface area contributed by atoms with Crippen LogP contribution in [0.1, 0.15) is 38.4 Å². The number of allylic oxidation sites excluding steroid dienone is 2. The summed E-state index contributed by atoms with van der Waals surface area (Å²) in [6.07, 6.45) is 5.11. The molecule has 0 bridgehead atoms. The maximum Gasteiger partial charge on any atom is 0.414 e. The van der Waals surface area contributed by atoms with Crippen molar-refractivity contribution in [1.29, 1.82) is 0 Å². The van der Waals surface area contributed by atoms with Crippen LogP contribution in [0.15, 0.2) is 97.2 Å². The van der Waals surface area contributed by atoms with Crippen LogP contribution in [0.5, 0.6) is 0 Å². The summed E-state index contributed by atoms with van der Waals surface area (Å²) in [6, 6.07) is 30.0. The Kier molecular flexibility index (Phi) is 7.06. The number of hydrogen-bond donors (Lipinski definition) is 1. The van der Waals surface area contributed by atoms with Gasteiger partial charge >= 0.3 is 6.09 Å². The Balaban J connectivity index is 1.09. The molecule has 1 amide bonds. The van der Waals surface area contributed by atoms with Crippen LogP contribution in [0.4, 0.5) is 10.5 Å². The molecule has 3 aromatic carbocycles. The zero-order chi connectivity index (χ0) is 29.6. The maximum absolute atomic E-state index is 12.9. The van der Waals surface area contributed by atoms with E-state index < -0.39 is 8.32 Å². The summed E-state index contributed by atoms with van der Waals surface area (Å²) in [7, 11) is -2.55. The van der Waals surface area contributed by atoms with Crippen molar-refractivity contribution < 1.29 is 14.0 Å². The smallest absolute Gasteiger partial charge is 0.414 e. The second-order valence-corrected chi connectivity index (χ2v) is 17.4. The Labute approximate surface area is 254 Å². The second-order valence-electron chi connectivity index (χ2n) is 13.1. The van der Waals surface area contributed by atoms with Crippen molar-refractivity contribution in [1.82, 2.24) is 15.4 Å². The van der Waals surface area contributed by atoms with Crippen molar-refractivity contribution in [3.63, 3.8) is 0 Å². The first-order valence-electron chi connectivity index (χ1n) is 15.2. The highest BCUT2D eigenvalue weighted by Crippen LogP contribution is 2.59. The molecule has 8 heteroatoms. The van der Waals surface area contributed by atoms with Crippen LogP contribution in [0.2, 0.25) is 5.04 Å². The number of H-pyrrole nitrogens is 1. The average Bonchev–Trinajstić information content (AvgIpc) is 3.46. The fourth-order valence-electron chi connectivity index (χ4n) is 7.34. The number of nitrogens with zero attached hydrogens (tertiary/aromatic N) is 3. The van der Waals surface area contributed by atoms with Crippen LogP contribution in [0.3, 0.4) is 0 Å². The first-order chi connectivity index (χ1) is 20.8. The number of para-hydroxylation sites is 1. The fraction of sp³-hybridized carbons (Fsp3) is 0.343. The van der Waals surface area contributed by atoms with E-state index in [-0.39, 0.29) is 17.2 Å². The summed E-state index contributed by atoms with van der Waals surface area (Å²) < 4.78 is 13.0. The number of fused-ring (bicyclic) bond motifs is 1. The normalized spacial score (nSPS) is 23.2. The predicted octanol–water partition coefficient (Wildman–Crippen LogP) is 5.60. The summed E-state index contributed by atoms with van der Waals surface area (Å²) in [6.45, 7) is 8.26. The largest absolute Gasteiger partial charge is 0.444 e. The van der Waals surface area contributed by atoms with Crippen LogP contribution >= 0.6 is 0 Å². The van der Waals surface area contributed by atoms with Gasteiger partial charge in [-0.1, -0.05) is 106 Å². The zero-order valence-electron chi connectivity index (χ0n) is 24.9. The first kappa shape index (κ1) is 27.8. The monoisotopic (exact) mass is 590 g/mol. The predicted molar refractivity (Wildman–Crippen MR) is 171 cm³/mol. The van der Waals surface area contributed by atoms with Crippen LogP contribution in [0.25, 0.3) is 5.57 Å². The molecule has 1 N–H and O–H groups in total. The number of carbonyl (C=O) groups excluding carboxylic acids is 1. The van der Waals surface area contributed by atoms with E-state index in [2.05, 4.69) is 115 Å². The van der Waals surface area contributed by atoms with Gasteiger partial charge < -0.3 is 9.16 Å². The van der Waals surface area contributed by atoms with Crippen LogP contribution < -0.4 is 15.3 Å². The minimum Gasteiger partial charge on any atom is -0.444 e. The first-order valence-corrected chi connectivity index (χ1v) is 17.1. The molecule has 1 aliphatic heterocycles. The minimum absolute atomic E-state index is 0.0322. The van der Waals surface area contributed by atoms with E-state index in [1.54, 1.807) is 11.1 Å². The molecule has 1 unspecified atom stereocenters. The molecule has 2 heterocycles. The number of nitrogens with one attached hydrogen (secondary N) is 1. The van der Waals surface area contributed by atoms with E-state index in [1.807, 2.05) is 12.1 Å². The molecule has 220 valence electrons. The van der Waals surface area contributed by atoms with E-state index in [0.717, 1.165) is 30.0 Å². The Bertz CT molecular complexity index is 1580. The van der Waals surface area contributed by atoms with Gasteiger partial charge in [-0.05, 0) is 51.2 Å². The molecule has 7 nitrogen and oxygen atoms in total. The van der Waals surface area contributed by atoms with E-state index in [9.17, 15) is 4.79 Å². The Morgan fingerprint density at radius 2 is 1.65 bits per heavy atom. The van der Waals surface area contributed by atoms with Gasteiger partial charge in [-0.3, -0.25) is 4.90 Å². The SMILES string of the molecule is CC(C)(C)[Si](OC[C@H]1C2C=C(c3ccccc3N3C[C@@H](Cc4cn[nH]n4)OC3=O)C[C@H]21)(c1ccccc1)c1ccccc1. The van der Waals surface area contributed by atoms with Gasteiger partial charge in [0.25, 0.3) is 8.32 Å². The molecule has 1 saturated carbocycles.